The van der Waals surface area contributed by atoms with Crippen LogP contribution in [0.1, 0.15) is 43.2 Å². The van der Waals surface area contributed by atoms with E-state index in [0.29, 0.717) is 18.6 Å². The number of ketones is 1. The first kappa shape index (κ1) is 17.3. The van der Waals surface area contributed by atoms with Gasteiger partial charge in [0.1, 0.15) is 0 Å². The molecule has 4 atom stereocenters. The number of ether oxygens (including phenoxy) is 1. The fraction of sp³-hybridized carbons (Fsp3) is 0.591. The third-order valence-electron chi connectivity index (χ3n) is 7.56. The Morgan fingerprint density at radius 2 is 2.04 bits per heavy atom. The molecule has 1 saturated heterocycles. The van der Waals surface area contributed by atoms with E-state index in [2.05, 4.69) is 18.1 Å². The number of likely N-dealkylation sites (tertiary alicyclic amines) is 1. The summed E-state index contributed by atoms with van der Waals surface area (Å²) in [4.78, 5) is 15.2. The lowest BCUT2D eigenvalue weighted by atomic mass is 9.49. The van der Waals surface area contributed by atoms with Crippen molar-refractivity contribution in [2.45, 2.75) is 61.7 Å². The number of phenolic OH excluding ortho intramolecular Hbond substituents is 1. The highest BCUT2D eigenvalue weighted by Crippen LogP contribution is 2.64. The van der Waals surface area contributed by atoms with Gasteiger partial charge in [0.15, 0.2) is 23.4 Å². The number of Topliss-reactive ketones (excluding diaryl/α,β-unsaturated/α-hetero) is 1. The molecule has 2 saturated carbocycles. The molecule has 2 bridgehead atoms. The van der Waals surface area contributed by atoms with Gasteiger partial charge in [-0.2, -0.15) is 0 Å². The lowest BCUT2D eigenvalue weighted by molar-refractivity contribution is -0.188. The van der Waals surface area contributed by atoms with E-state index in [1.54, 1.807) is 6.07 Å². The van der Waals surface area contributed by atoms with Crippen LogP contribution in [0.25, 0.3) is 0 Å². The molecule has 0 amide bonds. The number of aromatic hydroxyl groups is 1. The van der Waals surface area contributed by atoms with Crippen LogP contribution < -0.4 is 4.74 Å². The molecule has 5 heteroatoms. The van der Waals surface area contributed by atoms with Crippen molar-refractivity contribution in [2.75, 3.05) is 13.1 Å². The van der Waals surface area contributed by atoms with Gasteiger partial charge in [0, 0.05) is 24.6 Å². The van der Waals surface area contributed by atoms with E-state index >= 15 is 0 Å². The van der Waals surface area contributed by atoms with Crippen LogP contribution in [-0.4, -0.2) is 51.7 Å². The summed E-state index contributed by atoms with van der Waals surface area (Å²) < 4.78 is 6.04. The molecule has 1 aromatic rings. The van der Waals surface area contributed by atoms with Crippen LogP contribution in [-0.2, 0) is 16.6 Å². The molecule has 27 heavy (non-hydrogen) atoms. The fourth-order valence-corrected chi connectivity index (χ4v) is 6.26. The molecule has 6 rings (SSSR count). The van der Waals surface area contributed by atoms with Crippen molar-refractivity contribution in [1.29, 1.82) is 0 Å². The van der Waals surface area contributed by atoms with Crippen molar-refractivity contribution in [2.24, 2.45) is 5.92 Å². The second kappa shape index (κ2) is 5.58. The van der Waals surface area contributed by atoms with E-state index in [1.165, 1.54) is 12.8 Å². The van der Waals surface area contributed by atoms with Crippen LogP contribution in [0.5, 0.6) is 11.5 Å². The monoisotopic (exact) mass is 369 g/mol. The first-order valence-corrected chi connectivity index (χ1v) is 10.1. The zero-order valence-electron chi connectivity index (χ0n) is 15.6. The molecular formula is C22H27NO4. The predicted molar refractivity (Wildman–Crippen MR) is 101 cm³/mol. The van der Waals surface area contributed by atoms with Crippen molar-refractivity contribution in [3.05, 3.63) is 36.4 Å². The number of hydrogen-bond acceptors (Lipinski definition) is 5. The average molecular weight is 369 g/mol. The number of piperidine rings is 1. The SMILES string of the molecule is C=C.O=C1CC[C@@]2(O)[C@H]3Cc4ccc(O)c5c4[C@@]2(CCN3CC2CC2)[C@H]1O5. The fourth-order valence-electron chi connectivity index (χ4n) is 6.26. The topological polar surface area (TPSA) is 70.0 Å². The number of rotatable bonds is 2. The number of carbonyl (C=O) groups excluding carboxylic acids is 1. The van der Waals surface area contributed by atoms with Crippen molar-refractivity contribution in [3.63, 3.8) is 0 Å². The molecule has 3 aliphatic carbocycles. The number of aliphatic hydroxyl groups is 1. The Hall–Kier alpha value is -1.85. The molecule has 2 N–H and O–H groups in total. The molecule has 3 fully saturated rings. The second-order valence-electron chi connectivity index (χ2n) is 8.72. The van der Waals surface area contributed by atoms with Crippen LogP contribution >= 0.6 is 0 Å². The van der Waals surface area contributed by atoms with E-state index in [4.69, 9.17) is 4.74 Å². The standard InChI is InChI=1S/C20H23NO4.C2H4/c22-13-4-3-12-9-15-20(24)6-5-14(23)18-19(20,16(12)17(13)25-18)7-8-21(15)10-11-1-2-11;1-2/h3-4,11,15,18,22,24H,1-2,5-10H2;1-2H2/t15-,18+,19+,20-;/m1./s1. The highest BCUT2D eigenvalue weighted by Gasteiger charge is 2.73. The Bertz CT molecular complexity index is 819. The number of nitrogens with zero attached hydrogens (tertiary/aromatic N) is 1. The first-order valence-electron chi connectivity index (χ1n) is 10.1. The van der Waals surface area contributed by atoms with Gasteiger partial charge in [0.05, 0.1) is 11.0 Å². The van der Waals surface area contributed by atoms with Crippen molar-refractivity contribution < 1.29 is 19.7 Å². The van der Waals surface area contributed by atoms with Gasteiger partial charge in [-0.25, -0.2) is 0 Å². The summed E-state index contributed by atoms with van der Waals surface area (Å²) in [6.45, 7) is 7.95. The summed E-state index contributed by atoms with van der Waals surface area (Å²) in [6, 6.07) is 3.69. The first-order chi connectivity index (χ1) is 13.0. The van der Waals surface area contributed by atoms with E-state index < -0.39 is 17.1 Å². The Morgan fingerprint density at radius 3 is 2.78 bits per heavy atom. The zero-order chi connectivity index (χ0) is 19.0. The van der Waals surface area contributed by atoms with E-state index in [1.807, 2.05) is 6.07 Å². The van der Waals surface area contributed by atoms with Crippen molar-refractivity contribution >= 4 is 5.78 Å². The summed E-state index contributed by atoms with van der Waals surface area (Å²) in [5.41, 5.74) is 0.454. The van der Waals surface area contributed by atoms with E-state index in [-0.39, 0.29) is 17.6 Å². The van der Waals surface area contributed by atoms with E-state index in [9.17, 15) is 15.0 Å². The Kier molecular flexibility index (Phi) is 3.57. The van der Waals surface area contributed by atoms with Crippen LogP contribution in [0.3, 0.4) is 0 Å². The Balaban J connectivity index is 0.000000777. The quantitative estimate of drug-likeness (QED) is 0.783. The number of hydrogen-bond donors (Lipinski definition) is 2. The molecule has 1 spiro atoms. The molecule has 0 aromatic heterocycles. The van der Waals surface area contributed by atoms with Crippen LogP contribution in [0, 0.1) is 5.92 Å². The van der Waals surface area contributed by atoms with Gasteiger partial charge in [-0.15, -0.1) is 13.2 Å². The zero-order valence-corrected chi connectivity index (χ0v) is 15.6. The molecule has 5 aliphatic rings. The Labute approximate surface area is 159 Å². The molecule has 144 valence electrons. The van der Waals surface area contributed by atoms with Gasteiger partial charge < -0.3 is 14.9 Å². The third kappa shape index (κ3) is 1.99. The number of phenols is 1. The summed E-state index contributed by atoms with van der Waals surface area (Å²) in [5, 5.41) is 22.3. The van der Waals surface area contributed by atoms with Gasteiger partial charge in [0.2, 0.25) is 0 Å². The third-order valence-corrected chi connectivity index (χ3v) is 7.56. The summed E-state index contributed by atoms with van der Waals surface area (Å²) in [5.74, 6) is 1.39. The van der Waals surface area contributed by atoms with Gasteiger partial charge in [0.25, 0.3) is 0 Å². The molecule has 2 heterocycles. The molecule has 1 aromatic carbocycles. The van der Waals surface area contributed by atoms with Gasteiger partial charge >= 0.3 is 0 Å². The maximum Gasteiger partial charge on any atom is 0.174 e. The van der Waals surface area contributed by atoms with Gasteiger partial charge in [-0.1, -0.05) is 6.07 Å². The normalized spacial score (nSPS) is 38.5. The van der Waals surface area contributed by atoms with Crippen LogP contribution in [0.15, 0.2) is 25.3 Å². The lowest BCUT2D eigenvalue weighted by Crippen LogP contribution is -2.76. The smallest absolute Gasteiger partial charge is 0.174 e. The second-order valence-corrected chi connectivity index (χ2v) is 8.72. The lowest BCUT2D eigenvalue weighted by Gasteiger charge is -2.62. The number of carbonyl (C=O) groups is 1. The molecular weight excluding hydrogens is 342 g/mol. The van der Waals surface area contributed by atoms with Gasteiger partial charge in [-0.05, 0) is 56.2 Å². The van der Waals surface area contributed by atoms with Crippen molar-refractivity contribution in [1.82, 2.24) is 4.90 Å². The minimum absolute atomic E-state index is 0.0454. The van der Waals surface area contributed by atoms with E-state index in [0.717, 1.165) is 43.0 Å². The van der Waals surface area contributed by atoms with Crippen molar-refractivity contribution in [3.8, 4) is 11.5 Å². The summed E-state index contributed by atoms with van der Waals surface area (Å²) >= 11 is 0. The highest BCUT2D eigenvalue weighted by atomic mass is 16.5. The van der Waals surface area contributed by atoms with Gasteiger partial charge in [-0.3, -0.25) is 9.69 Å². The molecule has 0 unspecified atom stereocenters. The average Bonchev–Trinajstić information content (AvgIpc) is 3.41. The highest BCUT2D eigenvalue weighted by molar-refractivity contribution is 5.90. The maximum atomic E-state index is 12.7. The number of benzene rings is 1. The van der Waals surface area contributed by atoms with Crippen LogP contribution in [0.4, 0.5) is 0 Å². The minimum atomic E-state index is -0.940. The largest absolute Gasteiger partial charge is 0.504 e. The maximum absolute atomic E-state index is 12.7. The predicted octanol–water partition coefficient (Wildman–Crippen LogP) is 2.33. The summed E-state index contributed by atoms with van der Waals surface area (Å²) in [6.07, 6.45) is 4.33. The summed E-state index contributed by atoms with van der Waals surface area (Å²) in [7, 11) is 0. The molecule has 5 nitrogen and oxygen atoms in total. The Morgan fingerprint density at radius 1 is 1.26 bits per heavy atom. The molecule has 0 radical (unpaired) electrons. The molecule has 2 aliphatic heterocycles. The van der Waals surface area contributed by atoms with Crippen LogP contribution in [0.2, 0.25) is 0 Å². The minimum Gasteiger partial charge on any atom is -0.504 e.